The van der Waals surface area contributed by atoms with E-state index in [0.29, 0.717) is 11.1 Å². The number of aromatic hydroxyl groups is 1. The number of hydrogen-bond donors (Lipinski definition) is 3. The second-order valence-corrected chi connectivity index (χ2v) is 7.35. The standard InChI is InChI=1S/C22H14ClN5O6/c23-16-9-8-13(28(33)34)10-17(16)25-21(31)24-11-15-19(29)26-22(32)27(20(15)30)18-7-3-5-12-4-1-2-6-14(12)18/h1-11,30H,(H,25,31)(H,26,29,32). The number of aliphatic imine (C=N–C) groups is 1. The highest BCUT2D eigenvalue weighted by Gasteiger charge is 2.17. The van der Waals surface area contributed by atoms with Crippen LogP contribution in [0.5, 0.6) is 5.88 Å². The molecule has 1 heterocycles. The Hall–Kier alpha value is -4.77. The first-order valence-electron chi connectivity index (χ1n) is 9.61. The summed E-state index contributed by atoms with van der Waals surface area (Å²) in [4.78, 5) is 53.0. The number of aromatic amines is 1. The molecule has 0 aliphatic heterocycles. The number of aromatic nitrogens is 2. The summed E-state index contributed by atoms with van der Waals surface area (Å²) in [5, 5.41) is 25.4. The molecular weight excluding hydrogens is 466 g/mol. The number of halogens is 1. The number of nitro groups is 1. The third kappa shape index (κ3) is 4.27. The summed E-state index contributed by atoms with van der Waals surface area (Å²) in [7, 11) is 0. The summed E-state index contributed by atoms with van der Waals surface area (Å²) in [6.45, 7) is 0. The first-order chi connectivity index (χ1) is 16.3. The van der Waals surface area contributed by atoms with Gasteiger partial charge in [-0.05, 0) is 17.5 Å². The van der Waals surface area contributed by atoms with E-state index in [2.05, 4.69) is 15.3 Å². The average molecular weight is 480 g/mol. The van der Waals surface area contributed by atoms with Gasteiger partial charge in [0.2, 0.25) is 5.88 Å². The number of anilines is 1. The molecule has 4 aromatic rings. The number of urea groups is 1. The SMILES string of the molecule is O=C(N=Cc1c(O)n(-c2cccc3ccccc23)c(=O)[nH]c1=O)Nc1cc([N+](=O)[O-])ccc1Cl. The lowest BCUT2D eigenvalue weighted by molar-refractivity contribution is -0.384. The zero-order valence-electron chi connectivity index (χ0n) is 17.1. The number of hydrogen-bond acceptors (Lipinski definition) is 6. The van der Waals surface area contributed by atoms with Crippen molar-refractivity contribution < 1.29 is 14.8 Å². The molecule has 4 rings (SSSR count). The van der Waals surface area contributed by atoms with Crippen molar-refractivity contribution in [3.05, 3.63) is 102 Å². The molecule has 0 bridgehead atoms. The number of fused-ring (bicyclic) bond motifs is 1. The topological polar surface area (TPSA) is 160 Å². The van der Waals surface area contributed by atoms with E-state index in [1.54, 1.807) is 24.3 Å². The number of non-ortho nitro benzene ring substituents is 1. The molecule has 0 unspecified atom stereocenters. The average Bonchev–Trinajstić information content (AvgIpc) is 2.80. The van der Waals surface area contributed by atoms with Crippen LogP contribution in [0.2, 0.25) is 5.02 Å². The van der Waals surface area contributed by atoms with Crippen LogP contribution < -0.4 is 16.6 Å². The van der Waals surface area contributed by atoms with Gasteiger partial charge in [0.05, 0.1) is 27.5 Å². The molecule has 0 radical (unpaired) electrons. The van der Waals surface area contributed by atoms with Crippen molar-refractivity contribution in [2.45, 2.75) is 0 Å². The Labute approximate surface area is 194 Å². The number of benzene rings is 3. The van der Waals surface area contributed by atoms with Gasteiger partial charge in [-0.15, -0.1) is 0 Å². The predicted octanol–water partition coefficient (Wildman–Crippen LogP) is 3.60. The highest BCUT2D eigenvalue weighted by molar-refractivity contribution is 6.33. The molecule has 0 aliphatic carbocycles. The minimum absolute atomic E-state index is 0.0272. The number of rotatable bonds is 4. The van der Waals surface area contributed by atoms with Crippen molar-refractivity contribution in [2.24, 2.45) is 4.99 Å². The maximum atomic E-state index is 12.5. The van der Waals surface area contributed by atoms with Crippen molar-refractivity contribution >= 4 is 46.0 Å². The summed E-state index contributed by atoms with van der Waals surface area (Å²) in [6, 6.07) is 14.6. The first kappa shape index (κ1) is 22.4. The molecule has 0 saturated carbocycles. The Kier molecular flexibility index (Phi) is 5.94. The Morgan fingerprint density at radius 2 is 1.88 bits per heavy atom. The highest BCUT2D eigenvalue weighted by atomic mass is 35.5. The molecule has 3 aromatic carbocycles. The third-order valence-corrected chi connectivity index (χ3v) is 5.17. The number of nitrogens with zero attached hydrogens (tertiary/aromatic N) is 3. The molecule has 170 valence electrons. The number of carbonyl (C=O) groups is 1. The largest absolute Gasteiger partial charge is 0.493 e. The smallest absolute Gasteiger partial charge is 0.345 e. The number of amides is 2. The quantitative estimate of drug-likeness (QED) is 0.230. The number of nitro benzene ring substituents is 1. The molecule has 34 heavy (non-hydrogen) atoms. The van der Waals surface area contributed by atoms with Gasteiger partial charge in [0.15, 0.2) is 0 Å². The van der Waals surface area contributed by atoms with Crippen molar-refractivity contribution in [3.63, 3.8) is 0 Å². The normalized spacial score (nSPS) is 11.1. The second-order valence-electron chi connectivity index (χ2n) is 6.94. The molecular formula is C22H14ClN5O6. The van der Waals surface area contributed by atoms with Crippen LogP contribution in [0.3, 0.4) is 0 Å². The van der Waals surface area contributed by atoms with Crippen LogP contribution in [0.15, 0.2) is 75.2 Å². The van der Waals surface area contributed by atoms with Gasteiger partial charge in [0, 0.05) is 17.5 Å². The van der Waals surface area contributed by atoms with Crippen molar-refractivity contribution in [3.8, 4) is 11.6 Å². The molecule has 3 N–H and O–H groups in total. The van der Waals surface area contributed by atoms with Crippen LogP contribution in [0.25, 0.3) is 16.5 Å². The fourth-order valence-electron chi connectivity index (χ4n) is 3.27. The minimum Gasteiger partial charge on any atom is -0.493 e. The molecule has 0 aliphatic rings. The summed E-state index contributed by atoms with van der Waals surface area (Å²) in [5.74, 6) is -0.727. The summed E-state index contributed by atoms with van der Waals surface area (Å²) < 4.78 is 0.889. The van der Waals surface area contributed by atoms with E-state index in [-0.39, 0.29) is 16.4 Å². The number of H-pyrrole nitrogens is 1. The van der Waals surface area contributed by atoms with Crippen LogP contribution in [0, 0.1) is 10.1 Å². The second kappa shape index (κ2) is 9.00. The van der Waals surface area contributed by atoms with Gasteiger partial charge >= 0.3 is 11.7 Å². The Morgan fingerprint density at radius 3 is 2.65 bits per heavy atom. The Balaban J connectivity index is 1.72. The van der Waals surface area contributed by atoms with Crippen LogP contribution in [0.1, 0.15) is 5.56 Å². The van der Waals surface area contributed by atoms with Gasteiger partial charge in [-0.3, -0.25) is 19.9 Å². The monoisotopic (exact) mass is 479 g/mol. The molecule has 0 fully saturated rings. The van der Waals surface area contributed by atoms with Crippen molar-refractivity contribution in [1.82, 2.24) is 9.55 Å². The van der Waals surface area contributed by atoms with Crippen molar-refractivity contribution in [1.29, 1.82) is 0 Å². The van der Waals surface area contributed by atoms with Gasteiger partial charge in [-0.2, -0.15) is 0 Å². The summed E-state index contributed by atoms with van der Waals surface area (Å²) >= 11 is 5.94. The lowest BCUT2D eigenvalue weighted by atomic mass is 10.1. The van der Waals surface area contributed by atoms with E-state index in [9.17, 15) is 29.6 Å². The van der Waals surface area contributed by atoms with E-state index in [1.165, 1.54) is 6.07 Å². The van der Waals surface area contributed by atoms with Crippen molar-refractivity contribution in [2.75, 3.05) is 5.32 Å². The first-order valence-corrected chi connectivity index (χ1v) is 9.99. The number of carbonyl (C=O) groups excluding carboxylic acids is 1. The molecule has 0 saturated heterocycles. The molecule has 2 amide bonds. The van der Waals surface area contributed by atoms with Crippen LogP contribution >= 0.6 is 11.6 Å². The van der Waals surface area contributed by atoms with Gasteiger partial charge in [0.25, 0.3) is 11.2 Å². The predicted molar refractivity (Wildman–Crippen MR) is 127 cm³/mol. The zero-order valence-corrected chi connectivity index (χ0v) is 17.8. The summed E-state index contributed by atoms with van der Waals surface area (Å²) in [5.41, 5.74) is -2.38. The lowest BCUT2D eigenvalue weighted by Crippen LogP contribution is -2.31. The molecule has 1 aromatic heterocycles. The van der Waals surface area contributed by atoms with E-state index in [4.69, 9.17) is 11.6 Å². The van der Waals surface area contributed by atoms with Gasteiger partial charge < -0.3 is 10.4 Å². The lowest BCUT2D eigenvalue weighted by Gasteiger charge is -2.12. The zero-order chi connectivity index (χ0) is 24.4. The molecule has 12 heteroatoms. The molecule has 0 atom stereocenters. The molecule has 11 nitrogen and oxygen atoms in total. The van der Waals surface area contributed by atoms with Crippen LogP contribution in [0.4, 0.5) is 16.2 Å². The fraction of sp³-hybridized carbons (Fsp3) is 0. The Bertz CT molecular complexity index is 1600. The Morgan fingerprint density at radius 1 is 1.15 bits per heavy atom. The van der Waals surface area contributed by atoms with Crippen LogP contribution in [-0.2, 0) is 0 Å². The van der Waals surface area contributed by atoms with E-state index in [1.807, 2.05) is 18.2 Å². The number of nitrogens with one attached hydrogen (secondary N) is 2. The minimum atomic E-state index is -1.02. The van der Waals surface area contributed by atoms with E-state index < -0.39 is 33.6 Å². The maximum absolute atomic E-state index is 12.5. The van der Waals surface area contributed by atoms with E-state index >= 15 is 0 Å². The van der Waals surface area contributed by atoms with E-state index in [0.717, 1.165) is 28.3 Å². The molecule has 0 spiro atoms. The third-order valence-electron chi connectivity index (χ3n) is 4.84. The fourth-order valence-corrected chi connectivity index (χ4v) is 3.44. The van der Waals surface area contributed by atoms with Crippen LogP contribution in [-0.4, -0.2) is 31.8 Å². The maximum Gasteiger partial charge on any atom is 0.345 e. The highest BCUT2D eigenvalue weighted by Crippen LogP contribution is 2.27. The van der Waals surface area contributed by atoms with Gasteiger partial charge in [-0.1, -0.05) is 48.0 Å². The van der Waals surface area contributed by atoms with Gasteiger partial charge in [-0.25, -0.2) is 19.1 Å². The summed E-state index contributed by atoms with van der Waals surface area (Å²) in [6.07, 6.45) is 0.774. The van der Waals surface area contributed by atoms with Gasteiger partial charge in [0.1, 0.15) is 5.56 Å².